The Morgan fingerprint density at radius 1 is 0.848 bits per heavy atom. The van der Waals surface area contributed by atoms with Crippen molar-refractivity contribution < 1.29 is 25.8 Å². The molecule has 6 aromatic rings. The molecule has 5 heterocycles. The van der Waals surface area contributed by atoms with E-state index in [9.17, 15) is 0 Å². The number of fused-ring (bicyclic) bond motifs is 5. The van der Waals surface area contributed by atoms with E-state index in [1.54, 1.807) is 0 Å². The summed E-state index contributed by atoms with van der Waals surface area (Å²) in [5, 5.41) is 2.24. The predicted molar refractivity (Wildman–Crippen MR) is 179 cm³/mol. The van der Waals surface area contributed by atoms with Crippen LogP contribution in [0, 0.1) is 39.8 Å². The Bertz CT molecular complexity index is 2230. The molecule has 232 valence electrons. The Kier molecular flexibility index (Phi) is 7.10. The van der Waals surface area contributed by atoms with E-state index in [4.69, 9.17) is 19.7 Å². The molecule has 1 aliphatic carbocycles. The standard InChI is InChI=1S/C39H35N5O.Pt/c1-22-14-15-40-30(16-22)26-12-13-29-28-10-8-9-11-32(28)44(33(29)19-26)35-20-27(18-25(4)42-35)37-43-39(7)34(45-37)21-31-36(38(39,5)6)23(2)17-24(3)41-31;/h8-18,34H,21H2,1-7H3;/q-2;+2/t34-,39+;/m0./s1. The number of ether oxygens (including phenoxy) is 1. The van der Waals surface area contributed by atoms with E-state index < -0.39 is 5.54 Å². The third kappa shape index (κ3) is 4.48. The van der Waals surface area contributed by atoms with Gasteiger partial charge in [0.25, 0.3) is 0 Å². The minimum Gasteiger partial charge on any atom is -0.528 e. The molecule has 7 heteroatoms. The minimum absolute atomic E-state index is 0. The van der Waals surface area contributed by atoms with Crippen molar-refractivity contribution in [2.75, 3.05) is 0 Å². The van der Waals surface area contributed by atoms with Crippen molar-refractivity contribution in [2.45, 2.75) is 71.9 Å². The molecule has 0 unspecified atom stereocenters. The third-order valence-corrected chi connectivity index (χ3v) is 10.0. The van der Waals surface area contributed by atoms with E-state index >= 15 is 0 Å². The maximum Gasteiger partial charge on any atom is 2.00 e. The van der Waals surface area contributed by atoms with Crippen LogP contribution >= 0.6 is 0 Å². The van der Waals surface area contributed by atoms with Crippen LogP contribution in [-0.4, -0.2) is 37.1 Å². The number of pyridine rings is 3. The molecule has 8 rings (SSSR count). The first kappa shape index (κ1) is 30.5. The fourth-order valence-corrected chi connectivity index (χ4v) is 7.57. The van der Waals surface area contributed by atoms with Crippen molar-refractivity contribution in [3.05, 3.63) is 118 Å². The first-order valence-electron chi connectivity index (χ1n) is 15.6. The van der Waals surface area contributed by atoms with Crippen molar-refractivity contribution in [3.63, 3.8) is 0 Å². The van der Waals surface area contributed by atoms with Crippen molar-refractivity contribution in [1.82, 2.24) is 19.5 Å². The quantitative estimate of drug-likeness (QED) is 0.171. The van der Waals surface area contributed by atoms with Crippen molar-refractivity contribution in [1.29, 1.82) is 0 Å². The van der Waals surface area contributed by atoms with Gasteiger partial charge in [-0.15, -0.1) is 41.5 Å². The average Bonchev–Trinajstić information content (AvgIpc) is 3.52. The Hall–Kier alpha value is -4.15. The molecule has 4 aromatic heterocycles. The van der Waals surface area contributed by atoms with Crippen molar-refractivity contribution >= 4 is 27.7 Å². The van der Waals surface area contributed by atoms with Crippen LogP contribution in [0.5, 0.6) is 0 Å². The Labute approximate surface area is 284 Å². The van der Waals surface area contributed by atoms with Gasteiger partial charge in [0, 0.05) is 34.9 Å². The molecule has 0 N–H and O–H groups in total. The first-order valence-corrected chi connectivity index (χ1v) is 15.6. The molecule has 0 saturated carbocycles. The van der Waals surface area contributed by atoms with Crippen LogP contribution < -0.4 is 0 Å². The van der Waals surface area contributed by atoms with E-state index in [1.807, 2.05) is 25.3 Å². The zero-order chi connectivity index (χ0) is 31.2. The molecule has 0 saturated heterocycles. The van der Waals surface area contributed by atoms with Crippen molar-refractivity contribution in [3.8, 4) is 17.1 Å². The van der Waals surface area contributed by atoms with Gasteiger partial charge in [-0.3, -0.25) is 9.97 Å². The summed E-state index contributed by atoms with van der Waals surface area (Å²) < 4.78 is 8.90. The maximum absolute atomic E-state index is 6.74. The van der Waals surface area contributed by atoms with Crippen LogP contribution in [0.2, 0.25) is 0 Å². The number of aryl methyl sites for hydroxylation is 4. The van der Waals surface area contributed by atoms with Gasteiger partial charge >= 0.3 is 21.1 Å². The number of hydrogen-bond acceptors (Lipinski definition) is 5. The van der Waals surface area contributed by atoms with Gasteiger partial charge in [0.15, 0.2) is 0 Å². The summed E-state index contributed by atoms with van der Waals surface area (Å²) in [5.74, 6) is 1.29. The van der Waals surface area contributed by atoms with E-state index in [1.165, 1.54) is 11.1 Å². The normalized spacial score (nSPS) is 19.7. The minimum atomic E-state index is -0.460. The topological polar surface area (TPSA) is 65.2 Å². The number of aliphatic imine (C=N–C) groups is 1. The van der Waals surface area contributed by atoms with Gasteiger partial charge in [-0.1, -0.05) is 49.1 Å². The second-order valence-corrected chi connectivity index (χ2v) is 13.4. The molecule has 0 spiro atoms. The zero-order valence-electron chi connectivity index (χ0n) is 27.1. The molecule has 6 nitrogen and oxygen atoms in total. The second kappa shape index (κ2) is 10.7. The Morgan fingerprint density at radius 2 is 1.63 bits per heavy atom. The van der Waals surface area contributed by atoms with E-state index in [-0.39, 0.29) is 32.6 Å². The number of aromatic nitrogens is 4. The van der Waals surface area contributed by atoms with Crippen LogP contribution in [0.25, 0.3) is 38.9 Å². The first-order chi connectivity index (χ1) is 21.5. The number of hydrogen-bond donors (Lipinski definition) is 0. The van der Waals surface area contributed by atoms with E-state index in [0.29, 0.717) is 11.7 Å². The zero-order valence-corrected chi connectivity index (χ0v) is 29.4. The summed E-state index contributed by atoms with van der Waals surface area (Å²) in [6.45, 7) is 15.1. The molecule has 0 fully saturated rings. The molecule has 0 radical (unpaired) electrons. The van der Waals surface area contributed by atoms with Crippen molar-refractivity contribution in [2.24, 2.45) is 4.99 Å². The molecular weight excluding hydrogens is 750 g/mol. The summed E-state index contributed by atoms with van der Waals surface area (Å²) >= 11 is 0. The molecule has 2 aliphatic rings. The fraction of sp³-hybridized carbons (Fsp3) is 0.282. The van der Waals surface area contributed by atoms with Gasteiger partial charge in [-0.25, -0.2) is 0 Å². The van der Waals surface area contributed by atoms with Crippen LogP contribution in [0.4, 0.5) is 0 Å². The summed E-state index contributed by atoms with van der Waals surface area (Å²) in [4.78, 5) is 20.0. The fourth-order valence-electron chi connectivity index (χ4n) is 7.57. The van der Waals surface area contributed by atoms with Gasteiger partial charge < -0.3 is 19.3 Å². The van der Waals surface area contributed by atoms with Gasteiger partial charge in [0.2, 0.25) is 0 Å². The average molecular weight is 785 g/mol. The third-order valence-electron chi connectivity index (χ3n) is 10.0. The van der Waals surface area contributed by atoms with Crippen LogP contribution in [0.3, 0.4) is 0 Å². The predicted octanol–water partition coefficient (Wildman–Crippen LogP) is 7.91. The molecule has 46 heavy (non-hydrogen) atoms. The Balaban J connectivity index is 0.00000338. The van der Waals surface area contributed by atoms with Gasteiger partial charge in [0.1, 0.15) is 12.0 Å². The number of benzene rings is 2. The Morgan fingerprint density at radius 3 is 2.43 bits per heavy atom. The molecule has 2 aromatic carbocycles. The van der Waals surface area contributed by atoms with E-state index in [2.05, 4.69) is 112 Å². The number of para-hydroxylation sites is 1. The molecule has 0 amide bonds. The summed E-state index contributed by atoms with van der Waals surface area (Å²) in [5.41, 5.74) is 10.6. The maximum atomic E-state index is 6.74. The molecule has 1 aliphatic heterocycles. The summed E-state index contributed by atoms with van der Waals surface area (Å²) in [6, 6.07) is 28.3. The molecule has 2 atom stereocenters. The summed E-state index contributed by atoms with van der Waals surface area (Å²) in [7, 11) is 0. The number of rotatable bonds is 3. The second-order valence-electron chi connectivity index (χ2n) is 13.4. The van der Waals surface area contributed by atoms with Crippen LogP contribution in [-0.2, 0) is 37.6 Å². The molecular formula is C39H35N5OPt. The van der Waals surface area contributed by atoms with Crippen LogP contribution in [0.15, 0.2) is 71.9 Å². The largest absolute Gasteiger partial charge is 2.00 e. The van der Waals surface area contributed by atoms with Crippen LogP contribution in [0.1, 0.15) is 60.1 Å². The number of nitrogens with zero attached hydrogens (tertiary/aromatic N) is 5. The van der Waals surface area contributed by atoms with Gasteiger partial charge in [0.05, 0.1) is 11.4 Å². The molecule has 0 bridgehead atoms. The SMILES string of the molecule is Cc1ccnc(-c2[c-]c3c(cc2)c2ccccc2n3-c2[c-]c(C3=N[C@]4(C)[C@H](Cc5nc(C)cc(C)c5C4(C)C)O3)cc(C)n2)c1.[Pt+2]. The monoisotopic (exact) mass is 784 g/mol. The smallest absolute Gasteiger partial charge is 0.528 e. The van der Waals surface area contributed by atoms with Gasteiger partial charge in [-0.2, -0.15) is 0 Å². The summed E-state index contributed by atoms with van der Waals surface area (Å²) in [6.07, 6.45) is 2.44. The van der Waals surface area contributed by atoms with E-state index in [0.717, 1.165) is 67.7 Å². The van der Waals surface area contributed by atoms with Gasteiger partial charge in [-0.05, 0) is 86.2 Å².